The molecule has 0 aromatic rings. The Morgan fingerprint density at radius 1 is 1.62 bits per heavy atom. The first-order valence-corrected chi connectivity index (χ1v) is 2.47. The van der Waals surface area contributed by atoms with Crippen LogP contribution in [0.5, 0.6) is 0 Å². The lowest BCUT2D eigenvalue weighted by molar-refractivity contribution is 0.596. The lowest BCUT2D eigenvalue weighted by atomic mass is 10.1. The fourth-order valence-corrected chi connectivity index (χ4v) is 0.333. The van der Waals surface area contributed by atoms with Crippen molar-refractivity contribution in [1.29, 1.82) is 1.45 Å². The Morgan fingerprint density at radius 3 is 2.00 bits per heavy atom. The van der Waals surface area contributed by atoms with Crippen molar-refractivity contribution < 1.29 is 4.72 Å². The van der Waals surface area contributed by atoms with Gasteiger partial charge < -0.3 is 5.73 Å². The molecule has 0 fully saturated rings. The zero-order chi connectivity index (χ0) is 6.99. The van der Waals surface area contributed by atoms with Crippen LogP contribution >= 0.6 is 0 Å². The number of halogens is 1. The fourth-order valence-electron chi connectivity index (χ4n) is 0.333. The maximum absolute atomic E-state index is 8.75. The molecule has 2 N–H and O–H groups in total. The van der Waals surface area contributed by atoms with E-state index in [9.17, 15) is 0 Å². The van der Waals surface area contributed by atoms with Crippen molar-refractivity contribution in [3.63, 3.8) is 0 Å². The maximum atomic E-state index is 8.75. The average Bonchev–Trinajstić information content (AvgIpc) is 1.72. The van der Waals surface area contributed by atoms with E-state index in [1.54, 1.807) is 0 Å². The minimum absolute atomic E-state index is 0. The molecule has 54 valence electrons. The molecular formula is C6H18FN. The molecule has 0 unspecified atom stereocenters. The highest BCUT2D eigenvalue weighted by atomic mass is 19.0. The van der Waals surface area contributed by atoms with E-state index in [0.717, 1.165) is 18.9 Å². The first kappa shape index (κ1) is 10.8. The first-order chi connectivity index (χ1) is 3.77. The predicted molar refractivity (Wildman–Crippen MR) is 37.7 cm³/mol. The molecule has 0 aliphatic heterocycles. The molecule has 0 spiro atoms. The van der Waals surface area contributed by atoms with Crippen molar-refractivity contribution in [2.75, 3.05) is 6.54 Å². The van der Waals surface area contributed by atoms with Gasteiger partial charge in [-0.1, -0.05) is 21.3 Å². The van der Waals surface area contributed by atoms with Crippen LogP contribution in [0.2, 0.25) is 0 Å². The van der Waals surface area contributed by atoms with Gasteiger partial charge in [0, 0.05) is 0 Å². The normalized spacial score (nSPS) is 8.38. The lowest BCUT2D eigenvalue weighted by Gasteiger charge is -1.96. The number of hydrogen-bond acceptors (Lipinski definition) is 1. The summed E-state index contributed by atoms with van der Waals surface area (Å²) in [6.07, 6.45) is 1.15. The van der Waals surface area contributed by atoms with E-state index >= 15 is 0 Å². The summed E-state index contributed by atoms with van der Waals surface area (Å²) in [6, 6.07) is 0. The molecule has 0 atom stereocenters. The van der Waals surface area contributed by atoms with Gasteiger partial charge in [-0.05, 0) is 18.9 Å². The summed E-state index contributed by atoms with van der Waals surface area (Å²) in [4.78, 5) is 0. The zero-order valence-electron chi connectivity index (χ0n) is 5.95. The third-order valence-electron chi connectivity index (χ3n) is 0.744. The summed E-state index contributed by atoms with van der Waals surface area (Å²) in [7, 11) is 0. The summed E-state index contributed by atoms with van der Waals surface area (Å²) in [5.74, 6) is 0.773. The SMILES string of the molecule is C.CC(C)CCN.[3H]F. The van der Waals surface area contributed by atoms with E-state index in [1.165, 1.54) is 0 Å². The van der Waals surface area contributed by atoms with Crippen molar-refractivity contribution in [2.24, 2.45) is 11.7 Å². The zero-order valence-corrected chi connectivity index (χ0v) is 4.95. The Bertz CT molecular complexity index is 34.2. The molecule has 0 bridgehead atoms. The van der Waals surface area contributed by atoms with Crippen LogP contribution in [0.4, 0.5) is 4.72 Å². The molecule has 0 saturated carbocycles. The minimum Gasteiger partial charge on any atom is -0.330 e. The van der Waals surface area contributed by atoms with E-state index in [1.807, 2.05) is 0 Å². The van der Waals surface area contributed by atoms with Crippen molar-refractivity contribution >= 4 is 0 Å². The molecule has 0 radical (unpaired) electrons. The van der Waals surface area contributed by atoms with Crippen LogP contribution in [-0.2, 0) is 0 Å². The van der Waals surface area contributed by atoms with Crippen molar-refractivity contribution in [3.8, 4) is 0 Å². The van der Waals surface area contributed by atoms with Gasteiger partial charge in [-0.25, -0.2) is 0 Å². The van der Waals surface area contributed by atoms with Gasteiger partial charge in [0.05, 0.1) is 0 Å². The van der Waals surface area contributed by atoms with E-state index < -0.39 is 0 Å². The van der Waals surface area contributed by atoms with Gasteiger partial charge in [-0.15, -0.1) is 0 Å². The Balaban J connectivity index is -0.000000109. The maximum Gasteiger partial charge on any atom is 0.269 e. The van der Waals surface area contributed by atoms with Gasteiger partial charge in [-0.3, -0.25) is 4.72 Å². The topological polar surface area (TPSA) is 26.0 Å². The highest BCUT2D eigenvalue weighted by molar-refractivity contribution is 4.42. The third-order valence-corrected chi connectivity index (χ3v) is 0.744. The molecule has 8 heavy (non-hydrogen) atoms. The van der Waals surface area contributed by atoms with Crippen molar-refractivity contribution in [3.05, 3.63) is 0 Å². The van der Waals surface area contributed by atoms with Crippen molar-refractivity contribution in [2.45, 2.75) is 27.7 Å². The van der Waals surface area contributed by atoms with Crippen LogP contribution < -0.4 is 5.73 Å². The minimum atomic E-state index is 0. The highest BCUT2D eigenvalue weighted by Crippen LogP contribution is 1.93. The van der Waals surface area contributed by atoms with E-state index in [4.69, 9.17) is 10.5 Å². The summed E-state index contributed by atoms with van der Waals surface area (Å²) < 4.78 is 13.0. The van der Waals surface area contributed by atoms with Gasteiger partial charge in [0.2, 0.25) is 0 Å². The van der Waals surface area contributed by atoms with Gasteiger partial charge in [0.15, 0.2) is 0 Å². The van der Waals surface area contributed by atoms with E-state index in [2.05, 4.69) is 15.3 Å². The molecule has 0 aliphatic carbocycles. The van der Waals surface area contributed by atoms with Gasteiger partial charge in [0.1, 0.15) is 0 Å². The molecule has 0 saturated heterocycles. The molecule has 0 aromatic carbocycles. The smallest absolute Gasteiger partial charge is 0.269 e. The Kier molecular flexibility index (Phi) is 13.5. The second-order valence-electron chi connectivity index (χ2n) is 1.97. The Hall–Kier alpha value is -0.110. The average molecular weight is 125 g/mol. The monoisotopic (exact) mass is 125 g/mol. The van der Waals surface area contributed by atoms with Crippen LogP contribution in [0.1, 0.15) is 27.7 Å². The lowest BCUT2D eigenvalue weighted by Crippen LogP contribution is -2.01. The molecule has 0 heterocycles. The van der Waals surface area contributed by atoms with E-state index in [0.29, 0.717) is 0 Å². The summed E-state index contributed by atoms with van der Waals surface area (Å²) in [5, 5.41) is 0. The first-order valence-electron chi connectivity index (χ1n) is 2.85. The van der Waals surface area contributed by atoms with E-state index in [-0.39, 0.29) is 7.43 Å². The summed E-state index contributed by atoms with van der Waals surface area (Å²) in [6.45, 7) is 5.18. The fraction of sp³-hybridized carbons (Fsp3) is 1.00. The standard InChI is InChI=1S/C5H13N.CH4.FH/c1-5(2)3-4-6;;/h5H,3-4,6H2,1-2H3;1H4;1H/i/hT. The van der Waals surface area contributed by atoms with Crippen LogP contribution in [-0.4, -0.2) is 8.00 Å². The molecule has 0 aliphatic rings. The largest absolute Gasteiger partial charge is 0.330 e. The number of nitrogens with two attached hydrogens (primary N) is 1. The molecule has 1 nitrogen and oxygen atoms in total. The molecule has 0 amide bonds. The van der Waals surface area contributed by atoms with Gasteiger partial charge in [-0.2, -0.15) is 0 Å². The molecule has 0 aromatic heterocycles. The Labute approximate surface area is 53.2 Å². The number of rotatable bonds is 2. The second-order valence-corrected chi connectivity index (χ2v) is 1.97. The van der Waals surface area contributed by atoms with Gasteiger partial charge >= 0.3 is 0 Å². The van der Waals surface area contributed by atoms with Gasteiger partial charge in [0.25, 0.3) is 1.45 Å². The molecule has 0 rings (SSSR count). The molecular weight excluding hydrogens is 105 g/mol. The Morgan fingerprint density at radius 2 is 2.00 bits per heavy atom. The third kappa shape index (κ3) is 16.9. The van der Waals surface area contributed by atoms with Crippen molar-refractivity contribution in [1.82, 2.24) is 0 Å². The number of hydrogen-bond donors (Lipinski definition) is 1. The van der Waals surface area contributed by atoms with Crippen LogP contribution in [0, 0.1) is 5.92 Å². The van der Waals surface area contributed by atoms with Crippen LogP contribution in [0.3, 0.4) is 0 Å². The predicted octanol–water partition coefficient (Wildman–Crippen LogP) is 1.78. The quantitative estimate of drug-likeness (QED) is 0.598. The molecule has 2 heteroatoms. The van der Waals surface area contributed by atoms with Crippen LogP contribution in [0.25, 0.3) is 0 Å². The summed E-state index contributed by atoms with van der Waals surface area (Å²) >= 11 is 0. The second kappa shape index (κ2) is 10.00. The summed E-state index contributed by atoms with van der Waals surface area (Å²) in [5.41, 5.74) is 5.23. The van der Waals surface area contributed by atoms with Crippen LogP contribution in [0.15, 0.2) is 0 Å². The highest BCUT2D eigenvalue weighted by Gasteiger charge is 1.85.